The molecule has 0 radical (unpaired) electrons. The van der Waals surface area contributed by atoms with Gasteiger partial charge in [-0.2, -0.15) is 43.9 Å². The van der Waals surface area contributed by atoms with Gasteiger partial charge in [-0.3, -0.25) is 0 Å². The first kappa shape index (κ1) is 26.6. The molecule has 0 aromatic heterocycles. The molecule has 0 aliphatic rings. The summed E-state index contributed by atoms with van der Waals surface area (Å²) >= 11 is 0. The van der Waals surface area contributed by atoms with E-state index in [4.69, 9.17) is 0 Å². The molecule has 0 heterocycles. The van der Waals surface area contributed by atoms with E-state index in [0.29, 0.717) is 0 Å². The topological polar surface area (TPSA) is 13.0 Å². The molecule has 0 saturated carbocycles. The van der Waals surface area contributed by atoms with Crippen LogP contribution in [0.15, 0.2) is 0 Å². The van der Waals surface area contributed by atoms with Crippen LogP contribution in [0.25, 0.3) is 0 Å². The largest absolute Gasteiger partial charge is 0.426 e. The molecule has 0 aliphatic carbocycles. The molecule has 0 atom stereocenters. The van der Waals surface area contributed by atoms with Crippen molar-refractivity contribution in [3.05, 3.63) is 0 Å². The van der Waals surface area contributed by atoms with Gasteiger partial charge in [0.05, 0.1) is 21.4 Å². The Morgan fingerprint density at radius 2 is 0.571 bits per heavy atom. The number of halogens is 18. The van der Waals surface area contributed by atoms with Crippen molar-refractivity contribution in [1.29, 1.82) is 0 Å². The zero-order valence-corrected chi connectivity index (χ0v) is 11.6. The fraction of sp³-hybridized carbons (Fsp3) is 1.00. The van der Waals surface area contributed by atoms with Crippen molar-refractivity contribution in [1.82, 2.24) is 21.4 Å². The molecule has 0 aromatic rings. The molecule has 0 unspecified atom stereocenters. The number of rotatable bonds is 9. The van der Waals surface area contributed by atoms with E-state index in [1.54, 1.807) is 0 Å². The third-order valence-electron chi connectivity index (χ3n) is 2.90. The average molecular weight is 470 g/mol. The van der Waals surface area contributed by atoms with Crippen LogP contribution in [0.3, 0.4) is 0 Å². The Morgan fingerprint density at radius 1 is 0.321 bits per heavy atom. The summed E-state index contributed by atoms with van der Waals surface area (Å²) in [6.07, 6.45) is 0. The lowest BCUT2D eigenvalue weighted by molar-refractivity contribution is -0.552. The SMILES string of the molecule is FN(F)C(F)(F)C(F)(F)C(F)(F)C(F)(F)C(F)(F)C(N(F)F)(N(F)F)N(F)F. The zero-order valence-electron chi connectivity index (χ0n) is 11.6. The standard InChI is InChI=1S/C6F18N4/c7-1(8,3(11,12)5(15,16)25(17)18)2(9,10)4(13,14)6(26(19)20,27(21)22)28(23)24. The van der Waals surface area contributed by atoms with Crippen molar-refractivity contribution in [3.8, 4) is 0 Å². The maximum absolute atomic E-state index is 13.3. The molecule has 0 aliphatic heterocycles. The van der Waals surface area contributed by atoms with Gasteiger partial charge in [-0.05, 0) is 0 Å². The minimum atomic E-state index is -8.67. The Balaban J connectivity index is 6.93. The molecular formula is C6F18N4. The molecule has 0 N–H and O–H groups in total. The third-order valence-corrected chi connectivity index (χ3v) is 2.90. The summed E-state index contributed by atoms with van der Waals surface area (Å²) in [5, 5.41) is -17.0. The second-order valence-corrected chi connectivity index (χ2v) is 4.41. The van der Waals surface area contributed by atoms with Crippen molar-refractivity contribution in [3.63, 3.8) is 0 Å². The highest BCUT2D eigenvalue weighted by Gasteiger charge is 2.94. The van der Waals surface area contributed by atoms with E-state index in [2.05, 4.69) is 0 Å². The molecule has 0 saturated heterocycles. The highest BCUT2D eigenvalue weighted by atomic mass is 19.4. The van der Waals surface area contributed by atoms with Crippen LogP contribution in [0.1, 0.15) is 0 Å². The number of hydrogen-bond acceptors (Lipinski definition) is 4. The van der Waals surface area contributed by atoms with Gasteiger partial charge >= 0.3 is 35.5 Å². The molecule has 170 valence electrons. The van der Waals surface area contributed by atoms with Crippen LogP contribution in [0.5, 0.6) is 0 Å². The Bertz CT molecular complexity index is 520. The molecule has 0 fully saturated rings. The van der Waals surface area contributed by atoms with E-state index in [0.717, 1.165) is 0 Å². The summed E-state index contributed by atoms with van der Waals surface area (Å²) < 4.78 is 226. The lowest BCUT2D eigenvalue weighted by Crippen LogP contribution is -2.79. The summed E-state index contributed by atoms with van der Waals surface area (Å²) in [5.41, 5.74) is 0. The maximum Gasteiger partial charge on any atom is 0.426 e. The zero-order chi connectivity index (χ0) is 23.3. The smallest absolute Gasteiger partial charge is 0.193 e. The van der Waals surface area contributed by atoms with Crippen LogP contribution in [-0.4, -0.2) is 56.9 Å². The lowest BCUT2D eigenvalue weighted by atomic mass is 9.93. The highest BCUT2D eigenvalue weighted by Crippen LogP contribution is 2.61. The van der Waals surface area contributed by atoms with Crippen LogP contribution in [0.2, 0.25) is 0 Å². The van der Waals surface area contributed by atoms with E-state index in [-0.39, 0.29) is 0 Å². The molecule has 0 amide bonds. The Labute approximate surface area is 138 Å². The summed E-state index contributed by atoms with van der Waals surface area (Å²) in [6.45, 7) is 0. The van der Waals surface area contributed by atoms with Crippen molar-refractivity contribution in [2.75, 3.05) is 0 Å². The van der Waals surface area contributed by atoms with Gasteiger partial charge in [0.25, 0.3) is 0 Å². The van der Waals surface area contributed by atoms with Crippen molar-refractivity contribution in [2.24, 2.45) is 0 Å². The Morgan fingerprint density at radius 3 is 0.786 bits per heavy atom. The van der Waals surface area contributed by atoms with Gasteiger partial charge in [-0.1, -0.05) is 35.9 Å². The molecule has 0 rings (SSSR count). The molecule has 0 aromatic carbocycles. The molecule has 4 nitrogen and oxygen atoms in total. The first-order valence-electron chi connectivity index (χ1n) is 5.39. The van der Waals surface area contributed by atoms with E-state index in [1.165, 1.54) is 0 Å². The van der Waals surface area contributed by atoms with E-state index in [1.807, 2.05) is 0 Å². The first-order chi connectivity index (χ1) is 12.0. The van der Waals surface area contributed by atoms with Gasteiger partial charge in [-0.15, -0.1) is 0 Å². The van der Waals surface area contributed by atoms with Crippen molar-refractivity contribution in [2.45, 2.75) is 35.5 Å². The maximum atomic E-state index is 13.3. The van der Waals surface area contributed by atoms with Crippen LogP contribution >= 0.6 is 0 Å². The number of hydrogen-bond donors (Lipinski definition) is 0. The van der Waals surface area contributed by atoms with Crippen LogP contribution < -0.4 is 0 Å². The van der Waals surface area contributed by atoms with E-state index in [9.17, 15) is 79.8 Å². The Kier molecular flexibility index (Phi) is 6.76. The van der Waals surface area contributed by atoms with Crippen molar-refractivity contribution >= 4 is 0 Å². The van der Waals surface area contributed by atoms with Gasteiger partial charge in [0.2, 0.25) is 0 Å². The predicted molar refractivity (Wildman–Crippen MR) is 43.7 cm³/mol. The van der Waals surface area contributed by atoms with Gasteiger partial charge in [0.15, 0.2) is 0 Å². The normalized spacial score (nSPS) is 16.1. The second kappa shape index (κ2) is 7.12. The van der Waals surface area contributed by atoms with Crippen LogP contribution in [0.4, 0.5) is 79.8 Å². The van der Waals surface area contributed by atoms with Crippen LogP contribution in [-0.2, 0) is 0 Å². The molecule has 28 heavy (non-hydrogen) atoms. The lowest BCUT2D eigenvalue weighted by Gasteiger charge is -2.44. The molecule has 22 heteroatoms. The highest BCUT2D eigenvalue weighted by molar-refractivity contribution is 5.11. The minimum Gasteiger partial charge on any atom is -0.193 e. The van der Waals surface area contributed by atoms with Gasteiger partial charge in [0.1, 0.15) is 0 Å². The first-order valence-corrected chi connectivity index (χ1v) is 5.39. The number of alkyl halides is 10. The summed E-state index contributed by atoms with van der Waals surface area (Å²) in [4.78, 5) is 0. The third kappa shape index (κ3) is 2.99. The summed E-state index contributed by atoms with van der Waals surface area (Å²) in [5.74, 6) is -41.6. The molecule has 0 bridgehead atoms. The summed E-state index contributed by atoms with van der Waals surface area (Å²) in [7, 11) is 0. The number of nitrogens with zero attached hydrogens (tertiary/aromatic N) is 4. The average Bonchev–Trinajstić information content (AvgIpc) is 2.44. The van der Waals surface area contributed by atoms with E-state index < -0.39 is 56.9 Å². The Hall–Kier alpha value is -1.42. The van der Waals surface area contributed by atoms with Gasteiger partial charge in [-0.25, -0.2) is 0 Å². The van der Waals surface area contributed by atoms with Crippen molar-refractivity contribution < 1.29 is 79.8 Å². The quantitative estimate of drug-likeness (QED) is 0.202. The van der Waals surface area contributed by atoms with Crippen LogP contribution in [0, 0.1) is 0 Å². The molecule has 0 spiro atoms. The predicted octanol–water partition coefficient (Wildman–Crippen LogP) is 5.06. The minimum absolute atomic E-state index is 4.20. The monoisotopic (exact) mass is 470 g/mol. The molecular weight excluding hydrogens is 470 g/mol. The fourth-order valence-corrected chi connectivity index (χ4v) is 1.39. The fourth-order valence-electron chi connectivity index (χ4n) is 1.39. The van der Waals surface area contributed by atoms with Gasteiger partial charge < -0.3 is 0 Å². The van der Waals surface area contributed by atoms with Gasteiger partial charge in [0, 0.05) is 0 Å². The summed E-state index contributed by atoms with van der Waals surface area (Å²) in [6, 6.07) is -7.75. The van der Waals surface area contributed by atoms with E-state index >= 15 is 0 Å². The second-order valence-electron chi connectivity index (χ2n) is 4.41.